The standard InChI is InChI=1S/C15H18ClNO/c1-9-2-3-10(13(16)6-9)7-15(18)12-8-11-4-5-14(12)17-11/h2-3,6,11-12,14,17H,4-5,7-8H2,1H3. The van der Waals surface area contributed by atoms with Gasteiger partial charge in [0.15, 0.2) is 0 Å². The average Bonchev–Trinajstić information content (AvgIpc) is 2.94. The summed E-state index contributed by atoms with van der Waals surface area (Å²) in [5.41, 5.74) is 2.10. The molecule has 1 aromatic carbocycles. The SMILES string of the molecule is Cc1ccc(CC(=O)C2CC3CCC2N3)c(Cl)c1. The van der Waals surface area contributed by atoms with Crippen LogP contribution in [0.15, 0.2) is 18.2 Å². The Labute approximate surface area is 113 Å². The largest absolute Gasteiger partial charge is 0.310 e. The lowest BCUT2D eigenvalue weighted by Crippen LogP contribution is -2.29. The fourth-order valence-electron chi connectivity index (χ4n) is 3.29. The highest BCUT2D eigenvalue weighted by Crippen LogP contribution is 2.34. The normalized spacial score (nSPS) is 29.8. The van der Waals surface area contributed by atoms with Gasteiger partial charge >= 0.3 is 0 Å². The first-order valence-electron chi connectivity index (χ1n) is 6.67. The van der Waals surface area contributed by atoms with E-state index in [2.05, 4.69) is 5.32 Å². The van der Waals surface area contributed by atoms with Crippen LogP contribution in [0, 0.1) is 12.8 Å². The van der Waals surface area contributed by atoms with E-state index in [1.807, 2.05) is 25.1 Å². The number of hydrogen-bond acceptors (Lipinski definition) is 2. The highest BCUT2D eigenvalue weighted by Gasteiger charge is 2.42. The molecule has 2 nitrogen and oxygen atoms in total. The van der Waals surface area contributed by atoms with Gasteiger partial charge in [-0.25, -0.2) is 0 Å². The molecule has 2 saturated heterocycles. The number of nitrogens with one attached hydrogen (secondary N) is 1. The van der Waals surface area contributed by atoms with Crippen molar-refractivity contribution in [2.24, 2.45) is 5.92 Å². The monoisotopic (exact) mass is 263 g/mol. The van der Waals surface area contributed by atoms with Gasteiger partial charge in [-0.05, 0) is 43.4 Å². The van der Waals surface area contributed by atoms with Gasteiger partial charge in [0.25, 0.3) is 0 Å². The van der Waals surface area contributed by atoms with Gasteiger partial charge < -0.3 is 5.32 Å². The van der Waals surface area contributed by atoms with E-state index < -0.39 is 0 Å². The van der Waals surface area contributed by atoms with Gasteiger partial charge in [0.05, 0.1) is 0 Å². The van der Waals surface area contributed by atoms with E-state index >= 15 is 0 Å². The maximum absolute atomic E-state index is 12.3. The van der Waals surface area contributed by atoms with Crippen molar-refractivity contribution in [1.29, 1.82) is 0 Å². The molecule has 0 radical (unpaired) electrons. The number of fused-ring (bicyclic) bond motifs is 2. The summed E-state index contributed by atoms with van der Waals surface area (Å²) in [6, 6.07) is 6.94. The number of Topliss-reactive ketones (excluding diaryl/α,β-unsaturated/α-hetero) is 1. The Morgan fingerprint density at radius 3 is 2.89 bits per heavy atom. The number of halogens is 1. The lowest BCUT2D eigenvalue weighted by Gasteiger charge is -2.19. The molecule has 0 aromatic heterocycles. The number of benzene rings is 1. The molecule has 3 unspecified atom stereocenters. The Balaban J connectivity index is 1.71. The van der Waals surface area contributed by atoms with Crippen molar-refractivity contribution < 1.29 is 4.79 Å². The highest BCUT2D eigenvalue weighted by molar-refractivity contribution is 6.31. The maximum Gasteiger partial charge on any atom is 0.142 e. The van der Waals surface area contributed by atoms with Crippen molar-refractivity contribution in [3.63, 3.8) is 0 Å². The molecular formula is C15H18ClNO. The molecule has 3 rings (SSSR count). The van der Waals surface area contributed by atoms with Crippen LogP contribution < -0.4 is 5.32 Å². The fourth-order valence-corrected chi connectivity index (χ4v) is 3.60. The zero-order valence-electron chi connectivity index (χ0n) is 10.6. The Bertz CT molecular complexity index is 485. The van der Waals surface area contributed by atoms with Crippen molar-refractivity contribution in [2.45, 2.75) is 44.7 Å². The molecule has 96 valence electrons. The predicted octanol–water partition coefficient (Wildman–Crippen LogP) is 2.90. The first-order valence-corrected chi connectivity index (χ1v) is 7.05. The van der Waals surface area contributed by atoms with Crippen LogP contribution in [0.5, 0.6) is 0 Å². The number of rotatable bonds is 3. The molecule has 3 atom stereocenters. The maximum atomic E-state index is 12.3. The summed E-state index contributed by atoms with van der Waals surface area (Å²) in [5.74, 6) is 0.557. The number of carbonyl (C=O) groups is 1. The third kappa shape index (κ3) is 2.19. The zero-order valence-corrected chi connectivity index (χ0v) is 11.3. The van der Waals surface area contributed by atoms with Gasteiger partial charge in [-0.1, -0.05) is 23.7 Å². The molecule has 2 fully saturated rings. The highest BCUT2D eigenvalue weighted by atomic mass is 35.5. The Morgan fingerprint density at radius 1 is 1.44 bits per heavy atom. The fraction of sp³-hybridized carbons (Fsp3) is 0.533. The molecule has 1 aromatic rings. The van der Waals surface area contributed by atoms with E-state index in [0.717, 1.165) is 29.0 Å². The molecule has 0 saturated carbocycles. The minimum atomic E-state index is 0.209. The Kier molecular flexibility index (Phi) is 3.16. The van der Waals surface area contributed by atoms with Crippen LogP contribution in [0.3, 0.4) is 0 Å². The van der Waals surface area contributed by atoms with Crippen LogP contribution in [-0.4, -0.2) is 17.9 Å². The minimum Gasteiger partial charge on any atom is -0.310 e. The van der Waals surface area contributed by atoms with Gasteiger partial charge in [0.1, 0.15) is 5.78 Å². The molecule has 0 spiro atoms. The summed E-state index contributed by atoms with van der Waals surface area (Å²) in [4.78, 5) is 12.3. The number of aryl methyl sites for hydroxylation is 1. The third-order valence-electron chi connectivity index (χ3n) is 4.29. The first kappa shape index (κ1) is 12.2. The topological polar surface area (TPSA) is 29.1 Å². The first-order chi connectivity index (χ1) is 8.63. The summed E-state index contributed by atoms with van der Waals surface area (Å²) in [7, 11) is 0. The zero-order chi connectivity index (χ0) is 12.7. The molecule has 18 heavy (non-hydrogen) atoms. The molecule has 1 N–H and O–H groups in total. The van der Waals surface area contributed by atoms with Crippen LogP contribution >= 0.6 is 11.6 Å². The van der Waals surface area contributed by atoms with E-state index in [-0.39, 0.29) is 5.92 Å². The van der Waals surface area contributed by atoms with E-state index in [1.54, 1.807) is 0 Å². The second-order valence-electron chi connectivity index (χ2n) is 5.63. The van der Waals surface area contributed by atoms with Crippen LogP contribution in [-0.2, 0) is 11.2 Å². The summed E-state index contributed by atoms with van der Waals surface area (Å²) in [6.07, 6.45) is 3.89. The van der Waals surface area contributed by atoms with E-state index in [0.29, 0.717) is 24.3 Å². The molecule has 2 aliphatic rings. The van der Waals surface area contributed by atoms with Crippen molar-refractivity contribution in [3.05, 3.63) is 34.3 Å². The molecule has 2 heterocycles. The Hall–Kier alpha value is -0.860. The van der Waals surface area contributed by atoms with Crippen LogP contribution in [0.25, 0.3) is 0 Å². The van der Waals surface area contributed by atoms with Crippen molar-refractivity contribution in [1.82, 2.24) is 5.32 Å². The predicted molar refractivity (Wildman–Crippen MR) is 73.0 cm³/mol. The van der Waals surface area contributed by atoms with Gasteiger partial charge in [-0.2, -0.15) is 0 Å². The Morgan fingerprint density at radius 2 is 2.28 bits per heavy atom. The van der Waals surface area contributed by atoms with E-state index in [4.69, 9.17) is 11.6 Å². The number of carbonyl (C=O) groups excluding carboxylic acids is 1. The molecule has 0 amide bonds. The van der Waals surface area contributed by atoms with Gasteiger partial charge in [0.2, 0.25) is 0 Å². The van der Waals surface area contributed by atoms with Crippen LogP contribution in [0.2, 0.25) is 5.02 Å². The summed E-state index contributed by atoms with van der Waals surface area (Å²) >= 11 is 6.19. The minimum absolute atomic E-state index is 0.209. The summed E-state index contributed by atoms with van der Waals surface area (Å²) in [5, 5.41) is 4.24. The lowest BCUT2D eigenvalue weighted by atomic mass is 9.84. The quantitative estimate of drug-likeness (QED) is 0.909. The second kappa shape index (κ2) is 4.67. The van der Waals surface area contributed by atoms with Crippen molar-refractivity contribution >= 4 is 17.4 Å². The lowest BCUT2D eigenvalue weighted by molar-refractivity contribution is -0.122. The third-order valence-corrected chi connectivity index (χ3v) is 4.64. The van der Waals surface area contributed by atoms with Gasteiger partial charge in [0, 0.05) is 29.4 Å². The van der Waals surface area contributed by atoms with Gasteiger partial charge in [-0.3, -0.25) is 4.79 Å². The van der Waals surface area contributed by atoms with Crippen molar-refractivity contribution in [2.75, 3.05) is 0 Å². The van der Waals surface area contributed by atoms with Crippen LogP contribution in [0.4, 0.5) is 0 Å². The van der Waals surface area contributed by atoms with Crippen molar-refractivity contribution in [3.8, 4) is 0 Å². The summed E-state index contributed by atoms with van der Waals surface area (Å²) in [6.45, 7) is 2.01. The molecule has 2 aliphatic heterocycles. The smallest absolute Gasteiger partial charge is 0.142 e. The molecule has 0 aliphatic carbocycles. The van der Waals surface area contributed by atoms with Gasteiger partial charge in [-0.15, -0.1) is 0 Å². The molecule has 3 heteroatoms. The average molecular weight is 264 g/mol. The summed E-state index contributed by atoms with van der Waals surface area (Å²) < 4.78 is 0. The van der Waals surface area contributed by atoms with Crippen LogP contribution in [0.1, 0.15) is 30.4 Å². The van der Waals surface area contributed by atoms with E-state index in [9.17, 15) is 4.79 Å². The molecule has 2 bridgehead atoms. The second-order valence-corrected chi connectivity index (χ2v) is 6.03. The van der Waals surface area contributed by atoms with E-state index in [1.165, 1.54) is 6.42 Å². The molecular weight excluding hydrogens is 246 g/mol. The number of ketones is 1. The number of hydrogen-bond donors (Lipinski definition) is 1.